The SMILES string of the molecule is [2H]c1c([2H])c(OCc2c([2H])c([2H])c(CN3CCOCC3)c([2H])c2[2H])c2c(c1[2H])C(=O)N([C@@H]1C(=O)NC(=O)C([2H])([2H])C1([2H])[2H])C2. The average Bonchev–Trinajstić information content (AvgIpc) is 3.30. The van der Waals surface area contributed by atoms with E-state index in [2.05, 4.69) is 0 Å². The first-order valence-corrected chi connectivity index (χ1v) is 10.3. The van der Waals surface area contributed by atoms with Crippen LogP contribution in [0.3, 0.4) is 0 Å². The van der Waals surface area contributed by atoms with Crippen molar-refractivity contribution in [2.75, 3.05) is 26.3 Å². The molecule has 3 amide bonds. The van der Waals surface area contributed by atoms with Gasteiger partial charge in [-0.25, -0.2) is 0 Å². The zero-order chi connectivity index (χ0) is 32.5. The maximum Gasteiger partial charge on any atom is 0.255 e. The number of nitrogens with zero attached hydrogens (tertiary/aromatic N) is 2. The Morgan fingerprint density at radius 2 is 1.85 bits per heavy atom. The van der Waals surface area contributed by atoms with Crippen LogP contribution in [0.5, 0.6) is 5.75 Å². The van der Waals surface area contributed by atoms with Crippen LogP contribution < -0.4 is 10.1 Å². The molecule has 0 bridgehead atoms. The quantitative estimate of drug-likeness (QED) is 0.662. The summed E-state index contributed by atoms with van der Waals surface area (Å²) in [6, 6.07) is -5.61. The molecule has 3 aliphatic heterocycles. The van der Waals surface area contributed by atoms with E-state index in [1.54, 1.807) is 5.32 Å². The second-order valence-electron chi connectivity index (χ2n) is 7.62. The lowest BCUT2D eigenvalue weighted by molar-refractivity contribution is -0.136. The molecule has 3 heterocycles. The van der Waals surface area contributed by atoms with E-state index in [-0.39, 0.29) is 35.3 Å². The highest BCUT2D eigenvalue weighted by molar-refractivity contribution is 6.05. The standard InChI is InChI=1S/C25H27N3O5/c29-23-9-8-21(24(30)26-23)28-15-20-19(25(28)31)2-1-3-22(20)33-16-18-6-4-17(5-7-18)14-27-10-12-32-13-11-27/h1-7,21H,8-16H2,(H,26,29,30)/t21-/m0/s1/i1D,2D,3D,4D,5D,6D,7D,8D2,9D2. The van der Waals surface area contributed by atoms with Crippen LogP contribution in [-0.2, 0) is 34.0 Å². The van der Waals surface area contributed by atoms with Gasteiger partial charge in [0.05, 0.1) is 29.4 Å². The van der Waals surface area contributed by atoms with E-state index >= 15 is 0 Å². The number of rotatable bonds is 6. The number of piperidine rings is 1. The molecule has 2 saturated heterocycles. The summed E-state index contributed by atoms with van der Waals surface area (Å²) in [4.78, 5) is 40.8. The fraction of sp³-hybridized carbons (Fsp3) is 0.400. The summed E-state index contributed by atoms with van der Waals surface area (Å²) in [6.45, 7) is 0.971. The molecular formula is C25H27N3O5. The number of carbonyl (C=O) groups excluding carboxylic acids is 3. The van der Waals surface area contributed by atoms with Crippen LogP contribution in [0.15, 0.2) is 42.3 Å². The Balaban J connectivity index is 1.49. The third-order valence-corrected chi connectivity index (χ3v) is 5.44. The monoisotopic (exact) mass is 460 g/mol. The molecule has 0 radical (unpaired) electrons. The van der Waals surface area contributed by atoms with E-state index in [1.807, 2.05) is 4.90 Å². The van der Waals surface area contributed by atoms with Gasteiger partial charge in [-0.15, -0.1) is 0 Å². The number of amides is 3. The van der Waals surface area contributed by atoms with E-state index in [1.165, 1.54) is 0 Å². The summed E-state index contributed by atoms with van der Waals surface area (Å²) in [5.41, 5.74) is -0.653. The molecule has 0 aromatic heterocycles. The molecule has 33 heavy (non-hydrogen) atoms. The Hall–Kier alpha value is -3.23. The topological polar surface area (TPSA) is 88.2 Å². The van der Waals surface area contributed by atoms with E-state index in [0.717, 1.165) is 0 Å². The number of nitrogens with one attached hydrogen (secondary N) is 1. The van der Waals surface area contributed by atoms with E-state index in [9.17, 15) is 14.4 Å². The molecule has 0 aliphatic carbocycles. The minimum atomic E-state index is -3.21. The fourth-order valence-electron chi connectivity index (χ4n) is 3.74. The minimum absolute atomic E-state index is 0.168. The highest BCUT2D eigenvalue weighted by Gasteiger charge is 2.40. The lowest BCUT2D eigenvalue weighted by Gasteiger charge is -2.29. The number of carbonyl (C=O) groups is 3. The van der Waals surface area contributed by atoms with Gasteiger partial charge in [-0.1, -0.05) is 30.2 Å². The van der Waals surface area contributed by atoms with Crippen molar-refractivity contribution in [2.24, 2.45) is 0 Å². The molecule has 2 fully saturated rings. The number of hydrogen-bond donors (Lipinski definition) is 1. The summed E-state index contributed by atoms with van der Waals surface area (Å²) < 4.78 is 102. The summed E-state index contributed by atoms with van der Waals surface area (Å²) in [7, 11) is 0. The summed E-state index contributed by atoms with van der Waals surface area (Å²) in [5, 5.41) is 1.73. The first kappa shape index (κ1) is 12.3. The third kappa shape index (κ3) is 4.62. The molecule has 1 N–H and O–H groups in total. The third-order valence-electron chi connectivity index (χ3n) is 5.44. The highest BCUT2D eigenvalue weighted by atomic mass is 16.5. The molecule has 0 saturated carbocycles. The van der Waals surface area contributed by atoms with Crippen LogP contribution in [0.1, 0.15) is 54.9 Å². The molecule has 3 aliphatic rings. The predicted octanol–water partition coefficient (Wildman–Crippen LogP) is 1.86. The Morgan fingerprint density at radius 3 is 2.64 bits per heavy atom. The molecule has 8 heteroatoms. The normalized spacial score (nSPS) is 29.0. The van der Waals surface area contributed by atoms with Crippen LogP contribution in [0.2, 0.25) is 0 Å². The van der Waals surface area contributed by atoms with E-state index in [0.29, 0.717) is 31.2 Å². The van der Waals surface area contributed by atoms with Crippen molar-refractivity contribution in [3.8, 4) is 5.75 Å². The second kappa shape index (κ2) is 9.33. The zero-order valence-electron chi connectivity index (χ0n) is 28.5. The van der Waals surface area contributed by atoms with Crippen LogP contribution in [0.4, 0.5) is 0 Å². The Kier molecular flexibility index (Phi) is 3.48. The summed E-state index contributed by atoms with van der Waals surface area (Å²) >= 11 is 0. The number of ether oxygens (including phenoxy) is 2. The molecular weight excluding hydrogens is 422 g/mol. The van der Waals surface area contributed by atoms with E-state index < -0.39 is 91.2 Å². The Bertz CT molecular complexity index is 1570. The molecule has 1 atom stereocenters. The molecule has 2 aromatic rings. The van der Waals surface area contributed by atoms with Crippen molar-refractivity contribution in [2.45, 2.75) is 38.5 Å². The number of hydrogen-bond acceptors (Lipinski definition) is 6. The fourth-order valence-corrected chi connectivity index (χ4v) is 3.74. The first-order valence-electron chi connectivity index (χ1n) is 15.8. The smallest absolute Gasteiger partial charge is 0.255 e. The molecule has 2 aromatic carbocycles. The van der Waals surface area contributed by atoms with Gasteiger partial charge < -0.3 is 14.4 Å². The Morgan fingerprint density at radius 1 is 1.09 bits per heavy atom. The number of fused-ring (bicyclic) bond motifs is 1. The lowest BCUT2D eigenvalue weighted by atomic mass is 10.0. The van der Waals surface area contributed by atoms with Gasteiger partial charge in [-0.2, -0.15) is 0 Å². The van der Waals surface area contributed by atoms with Gasteiger partial charge in [0.25, 0.3) is 5.91 Å². The van der Waals surface area contributed by atoms with Crippen molar-refractivity contribution in [3.63, 3.8) is 0 Å². The number of imide groups is 1. The number of morpholine rings is 1. The predicted molar refractivity (Wildman–Crippen MR) is 119 cm³/mol. The van der Waals surface area contributed by atoms with Crippen LogP contribution in [-0.4, -0.2) is 59.9 Å². The summed E-state index contributed by atoms with van der Waals surface area (Å²) in [6.07, 6.45) is -6.41. The number of benzene rings is 2. The van der Waals surface area contributed by atoms with Crippen LogP contribution in [0, 0.1) is 0 Å². The Labute approximate surface area is 207 Å². The average molecular weight is 461 g/mol. The largest absolute Gasteiger partial charge is 0.489 e. The zero-order valence-corrected chi connectivity index (χ0v) is 17.5. The van der Waals surface area contributed by atoms with Crippen molar-refractivity contribution in [3.05, 3.63) is 64.6 Å². The van der Waals surface area contributed by atoms with Gasteiger partial charge in [0.2, 0.25) is 11.8 Å². The van der Waals surface area contributed by atoms with Gasteiger partial charge in [-0.3, -0.25) is 24.6 Å². The van der Waals surface area contributed by atoms with Gasteiger partial charge in [-0.05, 0) is 29.6 Å². The van der Waals surface area contributed by atoms with Gasteiger partial charge >= 0.3 is 0 Å². The maximum absolute atomic E-state index is 13.5. The van der Waals surface area contributed by atoms with Crippen molar-refractivity contribution >= 4 is 17.7 Å². The molecule has 5 rings (SSSR count). The molecule has 0 spiro atoms. The van der Waals surface area contributed by atoms with E-state index in [4.69, 9.17) is 24.6 Å². The molecule has 8 nitrogen and oxygen atoms in total. The minimum Gasteiger partial charge on any atom is -0.489 e. The van der Waals surface area contributed by atoms with Gasteiger partial charge in [0.1, 0.15) is 18.4 Å². The molecule has 0 unspecified atom stereocenters. The van der Waals surface area contributed by atoms with Gasteiger partial charge in [0.15, 0.2) is 0 Å². The van der Waals surface area contributed by atoms with Gasteiger partial charge in [0, 0.05) is 42.6 Å². The van der Waals surface area contributed by atoms with Crippen molar-refractivity contribution in [1.29, 1.82) is 0 Å². The van der Waals surface area contributed by atoms with Crippen molar-refractivity contribution < 1.29 is 38.9 Å². The highest BCUT2D eigenvalue weighted by Crippen LogP contribution is 2.34. The van der Waals surface area contributed by atoms with Crippen molar-refractivity contribution in [1.82, 2.24) is 15.1 Å². The first-order chi connectivity index (χ1) is 20.5. The second-order valence-corrected chi connectivity index (χ2v) is 7.62. The maximum atomic E-state index is 13.5. The summed E-state index contributed by atoms with van der Waals surface area (Å²) in [5.74, 6) is -4.35. The lowest BCUT2D eigenvalue weighted by Crippen LogP contribution is -2.52. The van der Waals surface area contributed by atoms with Crippen LogP contribution >= 0.6 is 0 Å². The van der Waals surface area contributed by atoms with Crippen LogP contribution in [0.25, 0.3) is 0 Å². The molecule has 172 valence electrons.